The summed E-state index contributed by atoms with van der Waals surface area (Å²) in [6, 6.07) is 0. The molecule has 6 bridgehead atoms. The predicted octanol–water partition coefficient (Wildman–Crippen LogP) is 5.23. The van der Waals surface area contributed by atoms with Gasteiger partial charge in [-0.3, -0.25) is 0 Å². The zero-order valence-electron chi connectivity index (χ0n) is 15.9. The molecule has 12 atom stereocenters. The molecular weight excluding hydrogens is 280 g/mol. The number of rotatable bonds is 2. The third kappa shape index (κ3) is 2.01. The van der Waals surface area contributed by atoms with E-state index in [9.17, 15) is 5.11 Å². The standard InChI is InChI=1S/C22H38O/c1-6-14-16-9-8-10-17(23)20-12(4)18(15(20)7-2)11(3)19-13(5)21(16)22(14)19/h11-23H,6-10H2,1-5H3/t11?,12?,13?,14?,15-,16?,17?,18-,19?,20+,21?,22-/m0/s1. The minimum absolute atomic E-state index is 0.0254. The van der Waals surface area contributed by atoms with E-state index in [0.29, 0.717) is 5.92 Å². The Balaban J connectivity index is 1.62. The van der Waals surface area contributed by atoms with Crippen LogP contribution in [0.25, 0.3) is 0 Å². The molecule has 1 N–H and O–H groups in total. The summed E-state index contributed by atoms with van der Waals surface area (Å²) in [6.45, 7) is 12.4. The van der Waals surface area contributed by atoms with Crippen LogP contribution in [-0.4, -0.2) is 11.2 Å². The second-order valence-electron chi connectivity index (χ2n) is 9.77. The molecule has 0 radical (unpaired) electrons. The van der Waals surface area contributed by atoms with Crippen LogP contribution in [0.5, 0.6) is 0 Å². The molecule has 0 aromatic rings. The predicted molar refractivity (Wildman–Crippen MR) is 95.9 cm³/mol. The normalized spacial score (nSPS) is 61.3. The SMILES string of the molecule is CCC1C2CCCC(O)[C@@H]3C(C)[C@H](C(C)C4C(C)C2[C@@H]14)[C@@H]3CC. The summed E-state index contributed by atoms with van der Waals surface area (Å²) in [5.74, 6) is 9.93. The Morgan fingerprint density at radius 2 is 1.30 bits per heavy atom. The van der Waals surface area contributed by atoms with Crippen molar-refractivity contribution in [3.63, 3.8) is 0 Å². The van der Waals surface area contributed by atoms with Crippen molar-refractivity contribution in [3.8, 4) is 0 Å². The first-order chi connectivity index (χ1) is 11.0. The van der Waals surface area contributed by atoms with Crippen LogP contribution in [0.1, 0.15) is 66.7 Å². The molecule has 7 rings (SSSR count). The van der Waals surface area contributed by atoms with E-state index in [-0.39, 0.29) is 6.10 Å². The molecule has 132 valence electrons. The smallest absolute Gasteiger partial charge is 0.0573 e. The van der Waals surface area contributed by atoms with Gasteiger partial charge in [0, 0.05) is 0 Å². The summed E-state index contributed by atoms with van der Waals surface area (Å²) in [6.07, 6.45) is 6.36. The molecule has 1 heteroatoms. The van der Waals surface area contributed by atoms with Crippen LogP contribution in [0.2, 0.25) is 0 Å². The van der Waals surface area contributed by atoms with E-state index in [4.69, 9.17) is 0 Å². The molecule has 7 saturated carbocycles. The molecule has 0 spiro atoms. The second-order valence-corrected chi connectivity index (χ2v) is 9.77. The minimum atomic E-state index is -0.0254. The number of hydrogen-bond donors (Lipinski definition) is 1. The van der Waals surface area contributed by atoms with Crippen LogP contribution >= 0.6 is 0 Å². The molecule has 0 amide bonds. The van der Waals surface area contributed by atoms with Gasteiger partial charge in [0.2, 0.25) is 0 Å². The van der Waals surface area contributed by atoms with Crippen molar-refractivity contribution in [1.29, 1.82) is 0 Å². The first-order valence-electron chi connectivity index (χ1n) is 10.7. The average Bonchev–Trinajstić information content (AvgIpc) is 2.48. The molecule has 8 unspecified atom stereocenters. The molecule has 0 aliphatic heterocycles. The molecule has 0 aromatic carbocycles. The lowest BCUT2D eigenvalue weighted by molar-refractivity contribution is -0.246. The summed E-state index contributed by atoms with van der Waals surface area (Å²) in [4.78, 5) is 0. The fraction of sp³-hybridized carbons (Fsp3) is 1.00. The van der Waals surface area contributed by atoms with Gasteiger partial charge < -0.3 is 5.11 Å². The zero-order chi connectivity index (χ0) is 16.5. The lowest BCUT2D eigenvalue weighted by Gasteiger charge is -2.72. The second kappa shape index (κ2) is 5.75. The highest BCUT2D eigenvalue weighted by Crippen LogP contribution is 2.71. The lowest BCUT2D eigenvalue weighted by Crippen LogP contribution is -2.67. The van der Waals surface area contributed by atoms with Gasteiger partial charge in [-0.2, -0.15) is 0 Å². The topological polar surface area (TPSA) is 20.2 Å². The van der Waals surface area contributed by atoms with Crippen molar-refractivity contribution in [1.82, 2.24) is 0 Å². The zero-order valence-corrected chi connectivity index (χ0v) is 15.9. The summed E-state index contributed by atoms with van der Waals surface area (Å²) >= 11 is 0. The van der Waals surface area contributed by atoms with E-state index in [1.165, 1.54) is 25.7 Å². The molecule has 0 heterocycles. The Bertz CT molecular complexity index is 435. The molecule has 1 nitrogen and oxygen atoms in total. The van der Waals surface area contributed by atoms with Gasteiger partial charge in [0.1, 0.15) is 0 Å². The number of aliphatic hydroxyl groups is 1. The van der Waals surface area contributed by atoms with Crippen LogP contribution < -0.4 is 0 Å². The maximum absolute atomic E-state index is 10.8. The average molecular weight is 319 g/mol. The maximum atomic E-state index is 10.8. The van der Waals surface area contributed by atoms with E-state index in [1.54, 1.807) is 0 Å². The van der Waals surface area contributed by atoms with Crippen LogP contribution in [-0.2, 0) is 0 Å². The number of aliphatic hydroxyl groups excluding tert-OH is 1. The molecular formula is C22H38O. The van der Waals surface area contributed by atoms with E-state index in [1.807, 2.05) is 0 Å². The van der Waals surface area contributed by atoms with Crippen molar-refractivity contribution in [2.45, 2.75) is 72.8 Å². The van der Waals surface area contributed by atoms with Crippen molar-refractivity contribution in [3.05, 3.63) is 0 Å². The first kappa shape index (κ1) is 16.4. The molecule has 0 aromatic heterocycles. The molecule has 23 heavy (non-hydrogen) atoms. The lowest BCUT2D eigenvalue weighted by atomic mass is 9.33. The Hall–Kier alpha value is -0.0400. The van der Waals surface area contributed by atoms with Crippen LogP contribution in [0.4, 0.5) is 0 Å². The van der Waals surface area contributed by atoms with Crippen molar-refractivity contribution >= 4 is 0 Å². The summed E-state index contributed by atoms with van der Waals surface area (Å²) in [7, 11) is 0. The Labute approximate surface area is 143 Å². The fourth-order valence-electron chi connectivity index (χ4n) is 8.76. The van der Waals surface area contributed by atoms with Gasteiger partial charge in [0.15, 0.2) is 0 Å². The third-order valence-corrected chi connectivity index (χ3v) is 9.48. The fourth-order valence-corrected chi connectivity index (χ4v) is 8.76. The minimum Gasteiger partial charge on any atom is -0.393 e. The van der Waals surface area contributed by atoms with Crippen LogP contribution in [0.3, 0.4) is 0 Å². The van der Waals surface area contributed by atoms with Gasteiger partial charge in [-0.1, -0.05) is 53.9 Å². The van der Waals surface area contributed by atoms with Gasteiger partial charge in [-0.25, -0.2) is 0 Å². The van der Waals surface area contributed by atoms with Crippen molar-refractivity contribution in [2.75, 3.05) is 0 Å². The summed E-state index contributed by atoms with van der Waals surface area (Å²) < 4.78 is 0. The molecule has 0 saturated heterocycles. The van der Waals surface area contributed by atoms with Crippen molar-refractivity contribution in [2.24, 2.45) is 65.1 Å². The van der Waals surface area contributed by atoms with Gasteiger partial charge >= 0.3 is 0 Å². The van der Waals surface area contributed by atoms with Crippen LogP contribution in [0, 0.1) is 65.1 Å². The Morgan fingerprint density at radius 3 is 1.96 bits per heavy atom. The van der Waals surface area contributed by atoms with E-state index >= 15 is 0 Å². The summed E-state index contributed by atoms with van der Waals surface area (Å²) in [5.41, 5.74) is 0. The van der Waals surface area contributed by atoms with Crippen molar-refractivity contribution < 1.29 is 5.11 Å². The van der Waals surface area contributed by atoms with Gasteiger partial charge in [0.05, 0.1) is 6.10 Å². The van der Waals surface area contributed by atoms with Gasteiger partial charge in [-0.15, -0.1) is 0 Å². The highest BCUT2D eigenvalue weighted by Gasteiger charge is 2.66. The Morgan fingerprint density at radius 1 is 0.696 bits per heavy atom. The Kier molecular flexibility index (Phi) is 4.11. The van der Waals surface area contributed by atoms with Crippen LogP contribution in [0.15, 0.2) is 0 Å². The monoisotopic (exact) mass is 318 g/mol. The molecule has 7 aliphatic carbocycles. The van der Waals surface area contributed by atoms with Gasteiger partial charge in [-0.05, 0) is 77.9 Å². The highest BCUT2D eigenvalue weighted by atomic mass is 16.3. The molecule has 7 fully saturated rings. The van der Waals surface area contributed by atoms with E-state index < -0.39 is 0 Å². The first-order valence-corrected chi connectivity index (χ1v) is 10.7. The summed E-state index contributed by atoms with van der Waals surface area (Å²) in [5, 5.41) is 10.8. The third-order valence-electron chi connectivity index (χ3n) is 9.48. The highest BCUT2D eigenvalue weighted by molar-refractivity contribution is 5.14. The van der Waals surface area contributed by atoms with E-state index in [2.05, 4.69) is 34.6 Å². The quantitative estimate of drug-likeness (QED) is 0.739. The largest absolute Gasteiger partial charge is 0.393 e. The van der Waals surface area contributed by atoms with E-state index in [0.717, 1.165) is 65.6 Å². The maximum Gasteiger partial charge on any atom is 0.0573 e. The van der Waals surface area contributed by atoms with Gasteiger partial charge in [0.25, 0.3) is 0 Å². The molecule has 7 aliphatic rings. The number of hydrogen-bond acceptors (Lipinski definition) is 1.